The number of rotatable bonds is 9. The van der Waals surface area contributed by atoms with Crippen LogP contribution in [0.1, 0.15) is 29.3 Å². The number of aromatic amines is 2. The summed E-state index contributed by atoms with van der Waals surface area (Å²) in [6.45, 7) is 4.15. The molecule has 0 spiro atoms. The number of aromatic nitrogens is 3. The van der Waals surface area contributed by atoms with Crippen LogP contribution in [0.5, 0.6) is 0 Å². The molecule has 0 aliphatic carbocycles. The Morgan fingerprint density at radius 3 is 2.84 bits per heavy atom. The van der Waals surface area contributed by atoms with Crippen LogP contribution in [0.3, 0.4) is 0 Å². The molecule has 0 unspecified atom stereocenters. The summed E-state index contributed by atoms with van der Waals surface area (Å²) >= 11 is 5.37. The molecule has 7 nitrogen and oxygen atoms in total. The van der Waals surface area contributed by atoms with Crippen molar-refractivity contribution in [1.82, 2.24) is 19.9 Å². The van der Waals surface area contributed by atoms with Gasteiger partial charge in [-0.15, -0.1) is 0 Å². The number of para-hydroxylation sites is 1. The molecule has 0 saturated carbocycles. The summed E-state index contributed by atoms with van der Waals surface area (Å²) in [4.78, 5) is 31.8. The second-order valence-corrected chi connectivity index (χ2v) is 7.95. The zero-order valence-corrected chi connectivity index (χ0v) is 18.8. The highest BCUT2D eigenvalue weighted by Gasteiger charge is 2.11. The van der Waals surface area contributed by atoms with Gasteiger partial charge in [-0.25, -0.2) is 0 Å². The lowest BCUT2D eigenvalue weighted by molar-refractivity contribution is 0.0954. The second-order valence-electron chi connectivity index (χ2n) is 7.56. The van der Waals surface area contributed by atoms with E-state index in [9.17, 15) is 9.59 Å². The van der Waals surface area contributed by atoms with Crippen molar-refractivity contribution in [2.45, 2.75) is 26.3 Å². The molecule has 32 heavy (non-hydrogen) atoms. The van der Waals surface area contributed by atoms with Gasteiger partial charge in [-0.2, -0.15) is 0 Å². The van der Waals surface area contributed by atoms with E-state index >= 15 is 0 Å². The van der Waals surface area contributed by atoms with E-state index in [0.29, 0.717) is 54.0 Å². The summed E-state index contributed by atoms with van der Waals surface area (Å²) in [6.07, 6.45) is 3.40. The van der Waals surface area contributed by atoms with E-state index in [-0.39, 0.29) is 11.5 Å². The number of fused-ring (bicyclic) bond motifs is 2. The molecule has 0 bridgehead atoms. The number of nitrogens with zero attached hydrogens (tertiary/aromatic N) is 1. The van der Waals surface area contributed by atoms with Crippen molar-refractivity contribution in [2.24, 2.45) is 0 Å². The smallest absolute Gasteiger partial charge is 0.262 e. The van der Waals surface area contributed by atoms with Crippen molar-refractivity contribution < 1.29 is 9.53 Å². The van der Waals surface area contributed by atoms with Gasteiger partial charge in [-0.1, -0.05) is 18.2 Å². The number of carbonyl (C=O) groups excluding carboxylic acids is 1. The van der Waals surface area contributed by atoms with Crippen molar-refractivity contribution in [3.63, 3.8) is 0 Å². The van der Waals surface area contributed by atoms with Gasteiger partial charge >= 0.3 is 0 Å². The zero-order chi connectivity index (χ0) is 22.5. The first-order chi connectivity index (χ1) is 15.6. The molecular formula is C24H26N4O3S. The van der Waals surface area contributed by atoms with Crippen molar-refractivity contribution in [2.75, 3.05) is 19.8 Å². The molecule has 4 aromatic rings. The van der Waals surface area contributed by atoms with E-state index in [1.165, 1.54) is 4.57 Å². The first-order valence-electron chi connectivity index (χ1n) is 10.8. The molecule has 0 radical (unpaired) electrons. The van der Waals surface area contributed by atoms with Crippen molar-refractivity contribution in [3.05, 3.63) is 74.9 Å². The van der Waals surface area contributed by atoms with E-state index in [4.69, 9.17) is 17.0 Å². The van der Waals surface area contributed by atoms with E-state index < -0.39 is 0 Å². The van der Waals surface area contributed by atoms with Crippen LogP contribution in [0.15, 0.2) is 53.5 Å². The Hall–Kier alpha value is -3.23. The van der Waals surface area contributed by atoms with E-state index in [0.717, 1.165) is 22.9 Å². The Kier molecular flexibility index (Phi) is 6.82. The van der Waals surface area contributed by atoms with Crippen LogP contribution in [-0.4, -0.2) is 40.2 Å². The molecule has 0 atom stereocenters. The third kappa shape index (κ3) is 4.66. The Balaban J connectivity index is 1.45. The van der Waals surface area contributed by atoms with Crippen molar-refractivity contribution in [3.8, 4) is 0 Å². The Labute approximate surface area is 190 Å². The zero-order valence-electron chi connectivity index (χ0n) is 17.9. The van der Waals surface area contributed by atoms with Crippen LogP contribution in [0.4, 0.5) is 0 Å². The standard InChI is InChI=1S/C24H26N4O3S/c1-2-31-13-5-12-28-23(30)19-9-8-16(14-21(19)27-24(28)32)22(29)25-11-10-17-15-26-20-7-4-3-6-18(17)20/h3-4,6-9,14-15,26H,2,5,10-13H2,1H3,(H,25,29)(H,27,32). The lowest BCUT2D eigenvalue weighted by Crippen LogP contribution is -2.26. The Bertz CT molecular complexity index is 1370. The quantitative estimate of drug-likeness (QED) is 0.266. The predicted octanol–water partition coefficient (Wildman–Crippen LogP) is 3.94. The molecule has 3 N–H and O–H groups in total. The maximum absolute atomic E-state index is 12.8. The molecule has 0 saturated heterocycles. The van der Waals surface area contributed by atoms with Crippen LogP contribution in [0, 0.1) is 4.77 Å². The summed E-state index contributed by atoms with van der Waals surface area (Å²) in [7, 11) is 0. The van der Waals surface area contributed by atoms with Crippen LogP contribution in [0.2, 0.25) is 0 Å². The molecule has 0 aliphatic rings. The number of hydrogen-bond acceptors (Lipinski definition) is 4. The van der Waals surface area contributed by atoms with Gasteiger partial charge in [0.15, 0.2) is 4.77 Å². The summed E-state index contributed by atoms with van der Waals surface area (Å²) < 4.78 is 7.22. The molecule has 166 valence electrons. The number of H-pyrrole nitrogens is 2. The minimum Gasteiger partial charge on any atom is -0.382 e. The first kappa shape index (κ1) is 22.0. The number of nitrogens with one attached hydrogen (secondary N) is 3. The predicted molar refractivity (Wildman–Crippen MR) is 129 cm³/mol. The SMILES string of the molecule is CCOCCCn1c(=S)[nH]c2cc(C(=O)NCCc3c[nH]c4ccccc34)ccc2c1=O. The number of ether oxygens (including phenoxy) is 1. The molecule has 2 heterocycles. The van der Waals surface area contributed by atoms with E-state index in [1.807, 2.05) is 31.3 Å². The normalized spacial score (nSPS) is 11.3. The van der Waals surface area contributed by atoms with Crippen LogP contribution < -0.4 is 10.9 Å². The topological polar surface area (TPSA) is 91.9 Å². The van der Waals surface area contributed by atoms with Gasteiger partial charge in [-0.05, 0) is 61.8 Å². The Morgan fingerprint density at radius 2 is 2.00 bits per heavy atom. The minimum atomic E-state index is -0.188. The van der Waals surface area contributed by atoms with Crippen LogP contribution in [-0.2, 0) is 17.7 Å². The van der Waals surface area contributed by atoms with Gasteiger partial charge in [0, 0.05) is 49.0 Å². The molecule has 8 heteroatoms. The highest BCUT2D eigenvalue weighted by Crippen LogP contribution is 2.18. The number of hydrogen-bond donors (Lipinski definition) is 3. The van der Waals surface area contributed by atoms with Gasteiger partial charge in [0.25, 0.3) is 11.5 Å². The number of carbonyl (C=O) groups is 1. The second kappa shape index (κ2) is 9.93. The first-order valence-corrected chi connectivity index (χ1v) is 11.2. The molecule has 1 amide bonds. The summed E-state index contributed by atoms with van der Waals surface area (Å²) in [5, 5.41) is 4.63. The third-order valence-electron chi connectivity index (χ3n) is 5.47. The van der Waals surface area contributed by atoms with Crippen LogP contribution >= 0.6 is 12.2 Å². The summed E-state index contributed by atoms with van der Waals surface area (Å²) in [6, 6.07) is 13.1. The Morgan fingerprint density at radius 1 is 1.16 bits per heavy atom. The van der Waals surface area contributed by atoms with Gasteiger partial charge in [-0.3, -0.25) is 14.2 Å². The molecule has 0 aliphatic heterocycles. The lowest BCUT2D eigenvalue weighted by Gasteiger charge is -2.10. The average molecular weight is 451 g/mol. The molecule has 2 aromatic heterocycles. The summed E-state index contributed by atoms with van der Waals surface area (Å²) in [5.74, 6) is -0.188. The largest absolute Gasteiger partial charge is 0.382 e. The van der Waals surface area contributed by atoms with Crippen LogP contribution in [0.25, 0.3) is 21.8 Å². The maximum atomic E-state index is 12.8. The van der Waals surface area contributed by atoms with E-state index in [1.54, 1.807) is 18.2 Å². The lowest BCUT2D eigenvalue weighted by atomic mass is 10.1. The fourth-order valence-corrected chi connectivity index (χ4v) is 4.10. The number of benzene rings is 2. The van der Waals surface area contributed by atoms with Gasteiger partial charge < -0.3 is 20.0 Å². The molecule has 4 rings (SSSR count). The maximum Gasteiger partial charge on any atom is 0.262 e. The molecule has 2 aromatic carbocycles. The fourth-order valence-electron chi connectivity index (χ4n) is 3.82. The molecular weight excluding hydrogens is 424 g/mol. The summed E-state index contributed by atoms with van der Waals surface area (Å²) in [5.41, 5.74) is 3.13. The third-order valence-corrected chi connectivity index (χ3v) is 5.80. The van der Waals surface area contributed by atoms with Crippen molar-refractivity contribution in [1.29, 1.82) is 0 Å². The molecule has 0 fully saturated rings. The van der Waals surface area contributed by atoms with Gasteiger partial charge in [0.05, 0.1) is 10.9 Å². The minimum absolute atomic E-state index is 0.161. The monoisotopic (exact) mass is 450 g/mol. The van der Waals surface area contributed by atoms with Crippen molar-refractivity contribution >= 4 is 39.9 Å². The van der Waals surface area contributed by atoms with Gasteiger partial charge in [0.1, 0.15) is 0 Å². The average Bonchev–Trinajstić information content (AvgIpc) is 3.21. The van der Waals surface area contributed by atoms with Gasteiger partial charge in [0.2, 0.25) is 0 Å². The highest BCUT2D eigenvalue weighted by atomic mass is 32.1. The van der Waals surface area contributed by atoms with E-state index in [2.05, 4.69) is 21.4 Å². The fraction of sp³-hybridized carbons (Fsp3) is 0.292. The highest BCUT2D eigenvalue weighted by molar-refractivity contribution is 7.71. The number of amides is 1.